The number of hydrogen-bond donors (Lipinski definition) is 2. The molecule has 2 saturated heterocycles. The van der Waals surface area contributed by atoms with Gasteiger partial charge in [0.2, 0.25) is 0 Å². The molecule has 1 atom stereocenters. The number of morpholine rings is 1. The van der Waals surface area contributed by atoms with Crippen molar-refractivity contribution in [1.29, 1.82) is 0 Å². The molecule has 0 aromatic carbocycles. The number of anilines is 1. The number of rotatable bonds is 6. The van der Waals surface area contributed by atoms with Crippen molar-refractivity contribution in [3.05, 3.63) is 24.4 Å². The molecule has 0 aliphatic carbocycles. The van der Waals surface area contributed by atoms with Crippen LogP contribution in [0.5, 0.6) is 0 Å². The topological polar surface area (TPSA) is 69.7 Å². The predicted octanol–water partition coefficient (Wildman–Crippen LogP) is 0.857. The van der Waals surface area contributed by atoms with Crippen molar-refractivity contribution >= 4 is 11.8 Å². The number of nitrogens with zero attached hydrogens (tertiary/aromatic N) is 3. The first-order valence-corrected chi connectivity index (χ1v) is 8.78. The molecule has 1 aromatic heterocycles. The van der Waals surface area contributed by atoms with Gasteiger partial charge in [-0.3, -0.25) is 10.2 Å². The van der Waals surface area contributed by atoms with Crippen LogP contribution in [0, 0.1) is 5.92 Å². The highest BCUT2D eigenvalue weighted by Gasteiger charge is 2.23. The van der Waals surface area contributed by atoms with E-state index in [-0.39, 0.29) is 6.03 Å². The number of aromatic nitrogens is 1. The number of pyridine rings is 1. The minimum absolute atomic E-state index is 0.180. The number of hydrogen-bond acceptors (Lipinski definition) is 5. The molecule has 0 radical (unpaired) electrons. The summed E-state index contributed by atoms with van der Waals surface area (Å²) in [6.07, 6.45) is 2.81. The van der Waals surface area contributed by atoms with Gasteiger partial charge < -0.3 is 15.0 Å². The summed E-state index contributed by atoms with van der Waals surface area (Å²) in [4.78, 5) is 20.9. The van der Waals surface area contributed by atoms with Gasteiger partial charge in [-0.1, -0.05) is 6.07 Å². The quantitative estimate of drug-likeness (QED) is 0.808. The Morgan fingerprint density at radius 1 is 1.21 bits per heavy atom. The molecule has 7 nitrogen and oxygen atoms in total. The highest BCUT2D eigenvalue weighted by molar-refractivity contribution is 5.88. The van der Waals surface area contributed by atoms with E-state index in [1.54, 1.807) is 12.3 Å². The minimum atomic E-state index is -0.180. The van der Waals surface area contributed by atoms with Crippen molar-refractivity contribution in [3.8, 4) is 0 Å². The molecule has 2 amide bonds. The monoisotopic (exact) mass is 333 g/mol. The van der Waals surface area contributed by atoms with Crippen LogP contribution in [0.1, 0.15) is 6.42 Å². The van der Waals surface area contributed by atoms with Crippen LogP contribution >= 0.6 is 0 Å². The Kier molecular flexibility index (Phi) is 6.40. The van der Waals surface area contributed by atoms with Gasteiger partial charge in [0.05, 0.1) is 13.2 Å². The van der Waals surface area contributed by atoms with E-state index in [1.165, 1.54) is 0 Å². The SMILES string of the molecule is O=C(NC[C@H]1CCN(CCN2CCOCC2)C1)Nc1ccccn1. The van der Waals surface area contributed by atoms with E-state index in [0.29, 0.717) is 18.3 Å². The molecule has 0 saturated carbocycles. The average molecular weight is 333 g/mol. The Morgan fingerprint density at radius 2 is 2.04 bits per heavy atom. The summed E-state index contributed by atoms with van der Waals surface area (Å²) in [6, 6.07) is 5.28. The van der Waals surface area contributed by atoms with Crippen LogP contribution in [-0.4, -0.2) is 79.8 Å². The summed E-state index contributed by atoms with van der Waals surface area (Å²) in [5.74, 6) is 1.11. The molecular weight excluding hydrogens is 306 g/mol. The first kappa shape index (κ1) is 17.1. The molecule has 0 spiro atoms. The molecule has 132 valence electrons. The zero-order valence-electron chi connectivity index (χ0n) is 14.1. The van der Waals surface area contributed by atoms with Crippen molar-refractivity contribution < 1.29 is 9.53 Å². The second-order valence-corrected chi connectivity index (χ2v) is 6.46. The highest BCUT2D eigenvalue weighted by Crippen LogP contribution is 2.15. The largest absolute Gasteiger partial charge is 0.379 e. The van der Waals surface area contributed by atoms with E-state index in [4.69, 9.17) is 4.74 Å². The van der Waals surface area contributed by atoms with Crippen molar-refractivity contribution in [2.24, 2.45) is 5.92 Å². The third kappa shape index (κ3) is 5.43. The Balaban J connectivity index is 1.30. The normalized spacial score (nSPS) is 22.4. The zero-order valence-corrected chi connectivity index (χ0v) is 14.1. The molecule has 0 bridgehead atoms. The summed E-state index contributed by atoms with van der Waals surface area (Å²) in [5, 5.41) is 5.71. The van der Waals surface area contributed by atoms with E-state index in [0.717, 1.165) is 58.9 Å². The Hall–Kier alpha value is -1.70. The van der Waals surface area contributed by atoms with E-state index < -0.39 is 0 Å². The van der Waals surface area contributed by atoms with Crippen molar-refractivity contribution in [2.75, 3.05) is 64.3 Å². The molecule has 3 heterocycles. The maximum absolute atomic E-state index is 11.9. The number of ether oxygens (including phenoxy) is 1. The minimum Gasteiger partial charge on any atom is -0.379 e. The predicted molar refractivity (Wildman–Crippen MR) is 93.1 cm³/mol. The summed E-state index contributed by atoms with van der Waals surface area (Å²) in [7, 11) is 0. The van der Waals surface area contributed by atoms with Gasteiger partial charge >= 0.3 is 6.03 Å². The maximum atomic E-state index is 11.9. The number of amides is 2. The van der Waals surface area contributed by atoms with Crippen molar-refractivity contribution in [3.63, 3.8) is 0 Å². The number of carbonyl (C=O) groups is 1. The smallest absolute Gasteiger partial charge is 0.320 e. The van der Waals surface area contributed by atoms with Crippen LogP contribution in [0.4, 0.5) is 10.6 Å². The van der Waals surface area contributed by atoms with E-state index in [1.807, 2.05) is 12.1 Å². The third-order valence-electron chi connectivity index (χ3n) is 4.66. The lowest BCUT2D eigenvalue weighted by atomic mass is 10.1. The maximum Gasteiger partial charge on any atom is 0.320 e. The highest BCUT2D eigenvalue weighted by atomic mass is 16.5. The second-order valence-electron chi connectivity index (χ2n) is 6.46. The summed E-state index contributed by atoms with van der Waals surface area (Å²) in [5.41, 5.74) is 0. The van der Waals surface area contributed by atoms with Gasteiger partial charge in [0.15, 0.2) is 0 Å². The number of nitrogens with one attached hydrogen (secondary N) is 2. The van der Waals surface area contributed by atoms with Gasteiger partial charge in [0.25, 0.3) is 0 Å². The number of likely N-dealkylation sites (tertiary alicyclic amines) is 1. The van der Waals surface area contributed by atoms with Crippen LogP contribution < -0.4 is 10.6 Å². The van der Waals surface area contributed by atoms with Crippen LogP contribution in [0.2, 0.25) is 0 Å². The van der Waals surface area contributed by atoms with Gasteiger partial charge in [-0.2, -0.15) is 0 Å². The van der Waals surface area contributed by atoms with Crippen molar-refractivity contribution in [2.45, 2.75) is 6.42 Å². The van der Waals surface area contributed by atoms with Gasteiger partial charge in [0.1, 0.15) is 5.82 Å². The number of urea groups is 1. The van der Waals surface area contributed by atoms with Crippen molar-refractivity contribution in [1.82, 2.24) is 20.1 Å². The van der Waals surface area contributed by atoms with Gasteiger partial charge in [-0.05, 0) is 31.0 Å². The number of carbonyl (C=O) groups excluding carboxylic acids is 1. The lowest BCUT2D eigenvalue weighted by Crippen LogP contribution is -2.41. The average Bonchev–Trinajstić information content (AvgIpc) is 3.08. The van der Waals surface area contributed by atoms with E-state index in [9.17, 15) is 4.79 Å². The lowest BCUT2D eigenvalue weighted by molar-refractivity contribution is 0.0343. The van der Waals surface area contributed by atoms with Crippen LogP contribution in [-0.2, 0) is 4.74 Å². The van der Waals surface area contributed by atoms with Gasteiger partial charge in [-0.15, -0.1) is 0 Å². The fourth-order valence-corrected chi connectivity index (χ4v) is 3.22. The molecule has 7 heteroatoms. The van der Waals surface area contributed by atoms with Crippen LogP contribution in [0.3, 0.4) is 0 Å². The van der Waals surface area contributed by atoms with Gasteiger partial charge in [-0.25, -0.2) is 9.78 Å². The molecule has 3 rings (SSSR count). The second kappa shape index (κ2) is 8.96. The molecule has 24 heavy (non-hydrogen) atoms. The molecule has 2 aliphatic rings. The summed E-state index contributed by atoms with van der Waals surface area (Å²) in [6.45, 7) is 8.94. The molecule has 0 unspecified atom stereocenters. The molecule has 2 N–H and O–H groups in total. The van der Waals surface area contributed by atoms with E-state index >= 15 is 0 Å². The van der Waals surface area contributed by atoms with E-state index in [2.05, 4.69) is 25.4 Å². The molecule has 1 aromatic rings. The first-order valence-electron chi connectivity index (χ1n) is 8.78. The third-order valence-corrected chi connectivity index (χ3v) is 4.66. The Morgan fingerprint density at radius 3 is 2.83 bits per heavy atom. The summed E-state index contributed by atoms with van der Waals surface area (Å²) >= 11 is 0. The van der Waals surface area contributed by atoms with Gasteiger partial charge in [0, 0.05) is 45.5 Å². The zero-order chi connectivity index (χ0) is 16.6. The Labute approximate surface area is 143 Å². The summed E-state index contributed by atoms with van der Waals surface area (Å²) < 4.78 is 5.38. The Bertz CT molecular complexity index is 507. The first-order chi connectivity index (χ1) is 11.8. The molecule has 2 aliphatic heterocycles. The fraction of sp³-hybridized carbons (Fsp3) is 0.647. The molecule has 2 fully saturated rings. The lowest BCUT2D eigenvalue weighted by Gasteiger charge is -2.28. The standard InChI is InChI=1S/C17H27N5O2/c23-17(20-16-3-1-2-5-18-16)19-13-15-4-6-22(14-15)8-7-21-9-11-24-12-10-21/h1-3,5,15H,4,6-14H2,(H2,18,19,20,23)/t15-/m1/s1. The van der Waals surface area contributed by atoms with Crippen LogP contribution in [0.25, 0.3) is 0 Å². The fourth-order valence-electron chi connectivity index (χ4n) is 3.22. The van der Waals surface area contributed by atoms with Crippen LogP contribution in [0.15, 0.2) is 24.4 Å². The molecular formula is C17H27N5O2.